The highest BCUT2D eigenvalue weighted by Gasteiger charge is 2.40. The van der Waals surface area contributed by atoms with Crippen LogP contribution in [0, 0.1) is 0 Å². The van der Waals surface area contributed by atoms with Crippen LogP contribution < -0.4 is 0 Å². The van der Waals surface area contributed by atoms with Crippen molar-refractivity contribution < 1.29 is 4.79 Å². The summed E-state index contributed by atoms with van der Waals surface area (Å²) in [6.07, 6.45) is 6.97. The van der Waals surface area contributed by atoms with Crippen molar-refractivity contribution in [2.24, 2.45) is 4.99 Å². The summed E-state index contributed by atoms with van der Waals surface area (Å²) >= 11 is 8.38. The zero-order valence-corrected chi connectivity index (χ0v) is 16.0. The Morgan fingerprint density at radius 1 is 0.880 bits per heavy atom. The number of rotatable bonds is 2. The third-order valence-electron chi connectivity index (χ3n) is 4.31. The lowest BCUT2D eigenvalue weighted by atomic mass is 9.83. The Hall–Kier alpha value is -1.98. The minimum atomic E-state index is -0.638. The molecule has 4 heteroatoms. The number of ketones is 1. The number of aliphatic imine (C=N–C) groups is 1. The molecule has 0 saturated carbocycles. The van der Waals surface area contributed by atoms with Crippen LogP contribution in [0.1, 0.15) is 11.1 Å². The van der Waals surface area contributed by atoms with Gasteiger partial charge >= 0.3 is 0 Å². The van der Waals surface area contributed by atoms with E-state index in [0.717, 1.165) is 26.0 Å². The van der Waals surface area contributed by atoms with E-state index in [1.807, 2.05) is 54.6 Å². The molecule has 0 atom stereocenters. The molecule has 1 heterocycles. The molecule has 0 saturated heterocycles. The predicted molar refractivity (Wildman–Crippen MR) is 111 cm³/mol. The molecule has 0 amide bonds. The number of nitrogens with zero attached hydrogens (tertiary/aromatic N) is 1. The van der Waals surface area contributed by atoms with Crippen LogP contribution in [-0.2, 0) is 4.79 Å². The van der Waals surface area contributed by atoms with E-state index in [0.29, 0.717) is 5.02 Å². The topological polar surface area (TPSA) is 29.4 Å². The van der Waals surface area contributed by atoms with E-state index < -0.39 is 5.54 Å². The Morgan fingerprint density at radius 2 is 1.52 bits per heavy atom. The first-order valence-electron chi connectivity index (χ1n) is 7.83. The quantitative estimate of drug-likeness (QED) is 0.554. The monoisotopic (exact) mass is 457 g/mol. The van der Waals surface area contributed by atoms with E-state index in [1.165, 1.54) is 0 Å². The average Bonchev–Trinajstić information content (AvgIpc) is 2.91. The van der Waals surface area contributed by atoms with Crippen molar-refractivity contribution >= 4 is 51.3 Å². The van der Waals surface area contributed by atoms with Gasteiger partial charge in [-0.05, 0) is 64.6 Å². The van der Waals surface area contributed by atoms with E-state index in [-0.39, 0.29) is 5.78 Å². The van der Waals surface area contributed by atoms with Crippen molar-refractivity contribution in [1.82, 2.24) is 0 Å². The van der Waals surface area contributed by atoms with Gasteiger partial charge in [-0.2, -0.15) is 0 Å². The lowest BCUT2D eigenvalue weighted by Gasteiger charge is -2.25. The fourth-order valence-corrected chi connectivity index (χ4v) is 4.42. The zero-order chi connectivity index (χ0) is 17.4. The first-order valence-corrected chi connectivity index (χ1v) is 9.29. The molecule has 0 bridgehead atoms. The second kappa shape index (κ2) is 6.39. The minimum Gasteiger partial charge on any atom is -0.290 e. The molecule has 122 valence electrons. The molecule has 4 rings (SSSR count). The van der Waals surface area contributed by atoms with Gasteiger partial charge in [0.05, 0.1) is 5.71 Å². The average molecular weight is 458 g/mol. The molecule has 0 unspecified atom stereocenters. The van der Waals surface area contributed by atoms with Gasteiger partial charge in [0.15, 0.2) is 5.78 Å². The summed E-state index contributed by atoms with van der Waals surface area (Å²) < 4.78 is 1.08. The van der Waals surface area contributed by atoms with Crippen molar-refractivity contribution in [3.63, 3.8) is 0 Å². The van der Waals surface area contributed by atoms with Gasteiger partial charge in [-0.25, -0.2) is 0 Å². The van der Waals surface area contributed by atoms with Gasteiger partial charge in [0.1, 0.15) is 5.54 Å². The Morgan fingerprint density at radius 3 is 2.16 bits per heavy atom. The van der Waals surface area contributed by atoms with Crippen LogP contribution in [0.25, 0.3) is 5.57 Å². The molecule has 2 aromatic rings. The van der Waals surface area contributed by atoms with E-state index in [1.54, 1.807) is 12.2 Å². The molecule has 0 fully saturated rings. The maximum atomic E-state index is 11.7. The minimum absolute atomic E-state index is 0.0109. The second-order valence-electron chi connectivity index (χ2n) is 5.92. The fraction of sp³-hybridized carbons (Fsp3) is 0.0476. The van der Waals surface area contributed by atoms with Gasteiger partial charge in [0.25, 0.3) is 0 Å². The molecule has 1 aliphatic heterocycles. The van der Waals surface area contributed by atoms with Crippen molar-refractivity contribution in [1.29, 1.82) is 0 Å². The molecule has 25 heavy (non-hydrogen) atoms. The summed E-state index contributed by atoms with van der Waals surface area (Å²) in [6, 6.07) is 17.9. The largest absolute Gasteiger partial charge is 0.290 e. The summed E-state index contributed by atoms with van der Waals surface area (Å²) in [6.45, 7) is 0. The Kier molecular flexibility index (Phi) is 4.21. The lowest BCUT2D eigenvalue weighted by Crippen LogP contribution is -2.23. The number of benzene rings is 2. The van der Waals surface area contributed by atoms with Gasteiger partial charge < -0.3 is 0 Å². The summed E-state index contributed by atoms with van der Waals surface area (Å²) in [4.78, 5) is 16.7. The van der Waals surface area contributed by atoms with E-state index in [4.69, 9.17) is 16.6 Å². The van der Waals surface area contributed by atoms with Crippen LogP contribution in [-0.4, -0.2) is 17.0 Å². The molecule has 2 aliphatic rings. The Balaban J connectivity index is 1.93. The summed E-state index contributed by atoms with van der Waals surface area (Å²) in [5.41, 5.74) is 3.49. The van der Waals surface area contributed by atoms with Crippen LogP contribution >= 0.6 is 34.2 Å². The molecule has 2 aromatic carbocycles. The normalized spacial score (nSPS) is 18.2. The third kappa shape index (κ3) is 2.92. The van der Waals surface area contributed by atoms with Crippen molar-refractivity contribution in [2.75, 3.05) is 0 Å². The highest BCUT2D eigenvalue weighted by atomic mass is 127. The van der Waals surface area contributed by atoms with Crippen LogP contribution in [0.5, 0.6) is 0 Å². The summed E-state index contributed by atoms with van der Waals surface area (Å²) in [5, 5.41) is 0.697. The highest BCUT2D eigenvalue weighted by Crippen LogP contribution is 2.46. The van der Waals surface area contributed by atoms with Crippen LogP contribution in [0.3, 0.4) is 0 Å². The number of carbonyl (C=O) groups excluding carboxylic acids is 1. The summed E-state index contributed by atoms with van der Waals surface area (Å²) in [5.74, 6) is -0.0109. The second-order valence-corrected chi connectivity index (χ2v) is 7.43. The smallest absolute Gasteiger partial charge is 0.178 e. The van der Waals surface area contributed by atoms with Gasteiger partial charge in [0.2, 0.25) is 0 Å². The fourth-order valence-electron chi connectivity index (χ4n) is 3.12. The first kappa shape index (κ1) is 16.5. The molecule has 0 N–H and O–H groups in total. The predicted octanol–water partition coefficient (Wildman–Crippen LogP) is 5.42. The van der Waals surface area contributed by atoms with E-state index in [9.17, 15) is 4.79 Å². The van der Waals surface area contributed by atoms with Crippen molar-refractivity contribution in [3.8, 4) is 0 Å². The van der Waals surface area contributed by atoms with E-state index >= 15 is 0 Å². The van der Waals surface area contributed by atoms with Crippen LogP contribution in [0.15, 0.2) is 87.5 Å². The molecule has 1 spiro atoms. The van der Waals surface area contributed by atoms with Gasteiger partial charge in [-0.15, -0.1) is 0 Å². The maximum absolute atomic E-state index is 11.7. The number of allylic oxidation sites excluding steroid dienone is 3. The highest BCUT2D eigenvalue weighted by molar-refractivity contribution is 14.1. The van der Waals surface area contributed by atoms with Gasteiger partial charge in [-0.1, -0.05) is 54.1 Å². The van der Waals surface area contributed by atoms with Crippen molar-refractivity contribution in [3.05, 3.63) is 98.6 Å². The van der Waals surface area contributed by atoms with E-state index in [2.05, 4.69) is 34.7 Å². The zero-order valence-electron chi connectivity index (χ0n) is 13.1. The molecule has 1 aliphatic carbocycles. The number of halogens is 2. The Bertz CT molecular complexity index is 953. The van der Waals surface area contributed by atoms with Crippen LogP contribution in [0.2, 0.25) is 5.02 Å². The van der Waals surface area contributed by atoms with Gasteiger partial charge in [-0.3, -0.25) is 9.79 Å². The molecule has 0 radical (unpaired) electrons. The van der Waals surface area contributed by atoms with Crippen molar-refractivity contribution in [2.45, 2.75) is 5.54 Å². The molecular formula is C21H13ClINO. The molecular weight excluding hydrogens is 445 g/mol. The number of hydrogen-bond acceptors (Lipinski definition) is 2. The van der Waals surface area contributed by atoms with Crippen LogP contribution in [0.4, 0.5) is 0 Å². The van der Waals surface area contributed by atoms with Gasteiger partial charge in [0, 0.05) is 19.7 Å². The summed E-state index contributed by atoms with van der Waals surface area (Å²) in [7, 11) is 0. The Labute approximate surface area is 164 Å². The molecule has 0 aromatic heterocycles. The standard InChI is InChI=1S/C21H13ClINO/c22-16-8-6-15(7-9-16)20-19(23)18(14-4-2-1-3-5-14)21(24-20)12-10-17(25)11-13-21/h1-13H. The lowest BCUT2D eigenvalue weighted by molar-refractivity contribution is -0.110. The third-order valence-corrected chi connectivity index (χ3v) is 5.61. The first-order chi connectivity index (χ1) is 12.1. The number of hydrogen-bond donors (Lipinski definition) is 0. The SMILES string of the molecule is O=C1C=CC2(C=C1)N=C(c1ccc(Cl)cc1)C(I)=C2c1ccccc1. The number of carbonyl (C=O) groups is 1. The molecule has 2 nitrogen and oxygen atoms in total. The maximum Gasteiger partial charge on any atom is 0.178 e.